The maximum Gasteiger partial charge on any atom is 0.416 e. The van der Waals surface area contributed by atoms with Crippen LogP contribution < -0.4 is 10.2 Å². The molecule has 10 heteroatoms. The maximum atomic E-state index is 12.7. The highest BCUT2D eigenvalue weighted by Gasteiger charge is 2.30. The lowest BCUT2D eigenvalue weighted by Crippen LogP contribution is -2.18. The van der Waals surface area contributed by atoms with Gasteiger partial charge in [0.1, 0.15) is 5.69 Å². The number of carbonyl (C=O) groups excluding carboxylic acids is 1. The van der Waals surface area contributed by atoms with Gasteiger partial charge in [-0.3, -0.25) is 9.78 Å². The van der Waals surface area contributed by atoms with Crippen molar-refractivity contribution in [2.24, 2.45) is 0 Å². The van der Waals surface area contributed by atoms with Crippen molar-refractivity contribution in [3.05, 3.63) is 71.3 Å². The molecule has 3 heterocycles. The van der Waals surface area contributed by atoms with Gasteiger partial charge in [0.05, 0.1) is 17.8 Å². The molecule has 4 rings (SSSR count). The van der Waals surface area contributed by atoms with Crippen molar-refractivity contribution in [3.63, 3.8) is 0 Å². The van der Waals surface area contributed by atoms with Gasteiger partial charge >= 0.3 is 6.18 Å². The molecule has 0 atom stereocenters. The topological polar surface area (TPSA) is 71.0 Å². The third-order valence-corrected chi connectivity index (χ3v) is 5.19. The van der Waals surface area contributed by atoms with E-state index in [1.807, 2.05) is 12.5 Å². The van der Waals surface area contributed by atoms with Gasteiger partial charge in [-0.15, -0.1) is 0 Å². The van der Waals surface area contributed by atoms with Crippen molar-refractivity contribution in [3.8, 4) is 0 Å². The molecule has 1 aliphatic rings. The molecule has 0 fully saturated rings. The minimum absolute atomic E-state index is 0.166. The fraction of sp³-hybridized carbons (Fsp3) is 0.200. The summed E-state index contributed by atoms with van der Waals surface area (Å²) < 4.78 is 38.0. The van der Waals surface area contributed by atoms with E-state index >= 15 is 0 Å². The Bertz CT molecular complexity index is 1090. The number of thioether (sulfide) groups is 1. The largest absolute Gasteiger partial charge is 0.416 e. The quantitative estimate of drug-likeness (QED) is 0.488. The van der Waals surface area contributed by atoms with Crippen molar-refractivity contribution in [2.75, 3.05) is 16.5 Å². The van der Waals surface area contributed by atoms with Crippen LogP contribution >= 0.6 is 11.8 Å². The Morgan fingerprint density at radius 3 is 2.60 bits per heavy atom. The fourth-order valence-corrected chi connectivity index (χ4v) is 3.45. The lowest BCUT2D eigenvalue weighted by atomic mass is 10.2. The van der Waals surface area contributed by atoms with Crippen LogP contribution in [-0.4, -0.2) is 27.1 Å². The lowest BCUT2D eigenvalue weighted by Gasteiger charge is -2.17. The number of alkyl halides is 3. The van der Waals surface area contributed by atoms with Crippen LogP contribution in [0.2, 0.25) is 0 Å². The molecule has 1 N–H and O–H groups in total. The van der Waals surface area contributed by atoms with Crippen LogP contribution in [0.15, 0.2) is 53.9 Å². The Labute approximate surface area is 174 Å². The van der Waals surface area contributed by atoms with Crippen LogP contribution in [0.3, 0.4) is 0 Å². The van der Waals surface area contributed by atoms with Gasteiger partial charge < -0.3 is 10.2 Å². The molecule has 30 heavy (non-hydrogen) atoms. The first-order valence-electron chi connectivity index (χ1n) is 8.92. The van der Waals surface area contributed by atoms with E-state index in [4.69, 9.17) is 0 Å². The Kier molecular flexibility index (Phi) is 5.33. The number of hydrogen-bond acceptors (Lipinski definition) is 6. The molecular weight excluding hydrogens is 415 g/mol. The Balaban J connectivity index is 1.47. The highest BCUT2D eigenvalue weighted by atomic mass is 32.2. The number of aromatic nitrogens is 3. The molecule has 0 radical (unpaired) electrons. The monoisotopic (exact) mass is 431 g/mol. The molecule has 3 aromatic rings. The number of nitrogens with zero attached hydrogens (tertiary/aromatic N) is 4. The van der Waals surface area contributed by atoms with Gasteiger partial charge in [0.15, 0.2) is 5.16 Å². The molecule has 1 aromatic carbocycles. The van der Waals surface area contributed by atoms with Crippen LogP contribution in [0.4, 0.5) is 24.5 Å². The number of anilines is 2. The van der Waals surface area contributed by atoms with E-state index in [2.05, 4.69) is 25.2 Å². The number of rotatable bonds is 4. The average Bonchev–Trinajstić information content (AvgIpc) is 3.17. The molecule has 6 nitrogen and oxygen atoms in total. The second-order valence-corrected chi connectivity index (χ2v) is 7.39. The van der Waals surface area contributed by atoms with Crippen molar-refractivity contribution >= 4 is 29.0 Å². The molecule has 0 spiro atoms. The predicted octanol–water partition coefficient (Wildman–Crippen LogP) is 4.38. The summed E-state index contributed by atoms with van der Waals surface area (Å²) in [4.78, 5) is 27.5. The van der Waals surface area contributed by atoms with Crippen LogP contribution in [0.1, 0.15) is 27.3 Å². The lowest BCUT2D eigenvalue weighted by molar-refractivity contribution is -0.137. The molecule has 154 valence electrons. The minimum Gasteiger partial charge on any atom is -0.361 e. The smallest absolute Gasteiger partial charge is 0.361 e. The molecule has 0 saturated carbocycles. The molecule has 0 unspecified atom stereocenters. The SMILES string of the molecule is CSc1ncc2c(n1)CN(c1ccnc(C(=O)Nc3ccc(C(F)(F)F)cc3)c1)C2. The van der Waals surface area contributed by atoms with Crippen molar-refractivity contribution < 1.29 is 18.0 Å². The van der Waals surface area contributed by atoms with Gasteiger partial charge in [-0.25, -0.2) is 9.97 Å². The first kappa shape index (κ1) is 20.1. The number of fused-ring (bicyclic) bond motifs is 1. The fourth-order valence-electron chi connectivity index (χ4n) is 3.09. The number of halogens is 3. The Hall–Kier alpha value is -3.14. The summed E-state index contributed by atoms with van der Waals surface area (Å²) in [6.45, 7) is 1.21. The van der Waals surface area contributed by atoms with Gasteiger partial charge in [0.25, 0.3) is 5.91 Å². The van der Waals surface area contributed by atoms with Crippen LogP contribution in [0.25, 0.3) is 0 Å². The summed E-state index contributed by atoms with van der Waals surface area (Å²) in [5, 5.41) is 3.28. The van der Waals surface area contributed by atoms with E-state index in [1.54, 1.807) is 12.1 Å². The number of amides is 1. The van der Waals surface area contributed by atoms with E-state index in [0.29, 0.717) is 18.2 Å². The first-order chi connectivity index (χ1) is 14.3. The number of pyridine rings is 1. The third kappa shape index (κ3) is 4.23. The summed E-state index contributed by atoms with van der Waals surface area (Å²) in [6.07, 6.45) is 0.831. The Morgan fingerprint density at radius 2 is 1.90 bits per heavy atom. The third-order valence-electron chi connectivity index (χ3n) is 4.63. The zero-order chi connectivity index (χ0) is 21.3. The second kappa shape index (κ2) is 7.94. The standard InChI is InChI=1S/C20H16F3N5OS/c1-30-19-25-9-12-10-28(11-17(12)27-19)15-6-7-24-16(8-15)18(29)26-14-4-2-13(3-5-14)20(21,22)23/h2-9H,10-11H2,1H3,(H,26,29). The molecule has 0 bridgehead atoms. The van der Waals surface area contributed by atoms with Crippen molar-refractivity contribution in [1.82, 2.24) is 15.0 Å². The minimum atomic E-state index is -4.42. The normalized spacial score (nSPS) is 13.3. The number of carbonyl (C=O) groups is 1. The number of hydrogen-bond donors (Lipinski definition) is 1. The van der Waals surface area contributed by atoms with E-state index < -0.39 is 17.6 Å². The zero-order valence-electron chi connectivity index (χ0n) is 15.8. The maximum absolute atomic E-state index is 12.7. The van der Waals surface area contributed by atoms with Gasteiger partial charge in [-0.2, -0.15) is 13.2 Å². The van der Waals surface area contributed by atoms with Gasteiger partial charge in [-0.05, 0) is 42.7 Å². The zero-order valence-corrected chi connectivity index (χ0v) is 16.6. The summed E-state index contributed by atoms with van der Waals surface area (Å²) in [5.41, 5.74) is 2.42. The summed E-state index contributed by atoms with van der Waals surface area (Å²) in [5.74, 6) is -0.502. The highest BCUT2D eigenvalue weighted by molar-refractivity contribution is 7.98. The van der Waals surface area contributed by atoms with Gasteiger partial charge in [0, 0.05) is 35.9 Å². The van der Waals surface area contributed by atoms with Crippen LogP contribution in [-0.2, 0) is 19.3 Å². The van der Waals surface area contributed by atoms with Gasteiger partial charge in [0.2, 0.25) is 0 Å². The first-order valence-corrected chi connectivity index (χ1v) is 10.1. The van der Waals surface area contributed by atoms with Crippen molar-refractivity contribution in [1.29, 1.82) is 0 Å². The van der Waals surface area contributed by atoms with E-state index in [0.717, 1.165) is 29.1 Å². The molecular formula is C20H16F3N5OS. The van der Waals surface area contributed by atoms with Gasteiger partial charge in [-0.1, -0.05) is 11.8 Å². The van der Waals surface area contributed by atoms with Crippen molar-refractivity contribution in [2.45, 2.75) is 24.4 Å². The predicted molar refractivity (Wildman–Crippen MR) is 107 cm³/mol. The van der Waals surface area contributed by atoms with E-state index in [1.165, 1.54) is 30.1 Å². The molecule has 2 aromatic heterocycles. The number of nitrogens with one attached hydrogen (secondary N) is 1. The van der Waals surface area contributed by atoms with E-state index in [9.17, 15) is 18.0 Å². The summed E-state index contributed by atoms with van der Waals surface area (Å²) in [7, 11) is 0. The summed E-state index contributed by atoms with van der Waals surface area (Å²) in [6, 6.07) is 7.71. The van der Waals surface area contributed by atoms with E-state index in [-0.39, 0.29) is 11.4 Å². The molecule has 0 saturated heterocycles. The highest BCUT2D eigenvalue weighted by Crippen LogP contribution is 2.30. The second-order valence-electron chi connectivity index (χ2n) is 6.61. The van der Waals surface area contributed by atoms with Crippen LogP contribution in [0.5, 0.6) is 0 Å². The summed E-state index contributed by atoms with van der Waals surface area (Å²) >= 11 is 1.48. The van der Waals surface area contributed by atoms with Crippen LogP contribution in [0, 0.1) is 0 Å². The molecule has 1 aliphatic heterocycles. The Morgan fingerprint density at radius 1 is 1.13 bits per heavy atom. The molecule has 0 aliphatic carbocycles. The average molecular weight is 431 g/mol. The molecule has 1 amide bonds. The number of benzene rings is 1.